The van der Waals surface area contributed by atoms with Crippen molar-refractivity contribution in [1.29, 1.82) is 0 Å². The van der Waals surface area contributed by atoms with E-state index in [1.807, 2.05) is 31.2 Å². The van der Waals surface area contributed by atoms with Crippen LogP contribution in [0.25, 0.3) is 0 Å². The van der Waals surface area contributed by atoms with E-state index in [-0.39, 0.29) is 11.6 Å². The maximum atomic E-state index is 14.3. The van der Waals surface area contributed by atoms with Gasteiger partial charge in [-0.05, 0) is 68.8 Å². The molecule has 0 radical (unpaired) electrons. The lowest BCUT2D eigenvalue weighted by molar-refractivity contribution is 0.102. The van der Waals surface area contributed by atoms with Crippen molar-refractivity contribution in [1.82, 2.24) is 9.97 Å². The SMILES string of the molecule is C=CC(=NC(=NC)c1ccnc(NC)c1)c1cc(NC(=O)c2ccnc(C(C)(C)F)c2)ccc1C. The molecule has 2 aromatic heterocycles. The summed E-state index contributed by atoms with van der Waals surface area (Å²) in [5, 5.41) is 5.88. The number of nitrogens with zero attached hydrogens (tertiary/aromatic N) is 4. The van der Waals surface area contributed by atoms with Gasteiger partial charge in [-0.3, -0.25) is 14.8 Å². The first-order valence-electron chi connectivity index (χ1n) is 11.1. The van der Waals surface area contributed by atoms with E-state index in [4.69, 9.17) is 4.99 Å². The minimum atomic E-state index is -1.65. The molecule has 0 unspecified atom stereocenters. The van der Waals surface area contributed by atoms with Crippen LogP contribution in [0.2, 0.25) is 0 Å². The Morgan fingerprint density at radius 2 is 1.80 bits per heavy atom. The van der Waals surface area contributed by atoms with Crippen LogP contribution in [0, 0.1) is 6.92 Å². The Morgan fingerprint density at radius 3 is 2.46 bits per heavy atom. The fourth-order valence-electron chi connectivity index (χ4n) is 3.36. The number of nitrogens with one attached hydrogen (secondary N) is 2. The molecule has 180 valence electrons. The summed E-state index contributed by atoms with van der Waals surface area (Å²) in [5.74, 6) is 0.859. The van der Waals surface area contributed by atoms with Gasteiger partial charge in [0.2, 0.25) is 0 Å². The molecule has 7 nitrogen and oxygen atoms in total. The zero-order chi connectivity index (χ0) is 25.6. The van der Waals surface area contributed by atoms with Crippen LogP contribution in [-0.2, 0) is 5.67 Å². The maximum Gasteiger partial charge on any atom is 0.255 e. The topological polar surface area (TPSA) is 91.6 Å². The highest BCUT2D eigenvalue weighted by molar-refractivity contribution is 6.18. The average Bonchev–Trinajstić information content (AvgIpc) is 2.86. The van der Waals surface area contributed by atoms with E-state index in [9.17, 15) is 9.18 Å². The predicted octanol–water partition coefficient (Wildman–Crippen LogP) is 5.34. The summed E-state index contributed by atoms with van der Waals surface area (Å²) in [7, 11) is 3.46. The third-order valence-electron chi connectivity index (χ3n) is 5.31. The molecule has 0 atom stereocenters. The zero-order valence-electron chi connectivity index (χ0n) is 20.6. The molecule has 0 saturated carbocycles. The number of benzene rings is 1. The molecule has 2 N–H and O–H groups in total. The quantitative estimate of drug-likeness (QED) is 0.359. The molecule has 0 bridgehead atoms. The van der Waals surface area contributed by atoms with Gasteiger partial charge in [-0.25, -0.2) is 14.4 Å². The van der Waals surface area contributed by atoms with Crippen LogP contribution in [0.3, 0.4) is 0 Å². The second kappa shape index (κ2) is 10.8. The monoisotopic (exact) mass is 472 g/mol. The molecule has 0 spiro atoms. The Kier molecular flexibility index (Phi) is 7.86. The van der Waals surface area contributed by atoms with Crippen LogP contribution in [0.1, 0.15) is 46.6 Å². The number of hydrogen-bond donors (Lipinski definition) is 2. The number of hydrogen-bond acceptors (Lipinski definition) is 5. The molecule has 3 aromatic rings. The number of anilines is 2. The normalized spacial score (nSPS) is 12.3. The highest BCUT2D eigenvalue weighted by Gasteiger charge is 2.22. The minimum absolute atomic E-state index is 0.194. The van der Waals surface area contributed by atoms with Crippen molar-refractivity contribution in [2.24, 2.45) is 9.98 Å². The Labute approximate surface area is 205 Å². The van der Waals surface area contributed by atoms with Gasteiger partial charge < -0.3 is 10.6 Å². The first kappa shape index (κ1) is 25.4. The van der Waals surface area contributed by atoms with Crippen molar-refractivity contribution in [3.8, 4) is 0 Å². The molecule has 1 aromatic carbocycles. The molecule has 0 saturated heterocycles. The van der Waals surface area contributed by atoms with E-state index in [2.05, 4.69) is 32.2 Å². The molecular weight excluding hydrogens is 443 g/mol. The number of aliphatic imine (C=N–C) groups is 2. The summed E-state index contributed by atoms with van der Waals surface area (Å²) >= 11 is 0. The molecule has 2 heterocycles. The van der Waals surface area contributed by atoms with Gasteiger partial charge in [0, 0.05) is 48.9 Å². The Morgan fingerprint density at radius 1 is 1.09 bits per heavy atom. The Hall–Kier alpha value is -4.20. The summed E-state index contributed by atoms with van der Waals surface area (Å²) < 4.78 is 14.3. The van der Waals surface area contributed by atoms with E-state index in [1.54, 1.807) is 38.5 Å². The Bertz CT molecular complexity index is 1310. The Balaban J connectivity index is 1.93. The van der Waals surface area contributed by atoms with E-state index in [0.29, 0.717) is 28.6 Å². The number of amidine groups is 1. The van der Waals surface area contributed by atoms with E-state index >= 15 is 0 Å². The fourth-order valence-corrected chi connectivity index (χ4v) is 3.36. The highest BCUT2D eigenvalue weighted by Crippen LogP contribution is 2.24. The first-order valence-corrected chi connectivity index (χ1v) is 11.1. The summed E-state index contributed by atoms with van der Waals surface area (Å²) in [6, 6.07) is 12.2. The predicted molar refractivity (Wildman–Crippen MR) is 140 cm³/mol. The first-order chi connectivity index (χ1) is 16.7. The van der Waals surface area contributed by atoms with Gasteiger partial charge in [0.1, 0.15) is 11.5 Å². The van der Waals surface area contributed by atoms with Gasteiger partial charge in [0.05, 0.1) is 11.4 Å². The lowest BCUT2D eigenvalue weighted by Gasteiger charge is -2.15. The number of rotatable bonds is 7. The van der Waals surface area contributed by atoms with Crippen LogP contribution >= 0.6 is 0 Å². The van der Waals surface area contributed by atoms with Gasteiger partial charge in [0.25, 0.3) is 5.91 Å². The molecule has 0 aliphatic heterocycles. The van der Waals surface area contributed by atoms with E-state index in [0.717, 1.165) is 16.7 Å². The maximum absolute atomic E-state index is 14.3. The van der Waals surface area contributed by atoms with Crippen molar-refractivity contribution in [2.75, 3.05) is 24.7 Å². The largest absolute Gasteiger partial charge is 0.373 e. The summed E-state index contributed by atoms with van der Waals surface area (Å²) in [6.07, 6.45) is 4.77. The number of pyridine rings is 2. The van der Waals surface area contributed by atoms with Crippen molar-refractivity contribution in [2.45, 2.75) is 26.4 Å². The number of aryl methyl sites for hydroxylation is 1. The van der Waals surface area contributed by atoms with Crippen molar-refractivity contribution in [3.05, 3.63) is 95.5 Å². The van der Waals surface area contributed by atoms with Crippen molar-refractivity contribution in [3.63, 3.8) is 0 Å². The number of aromatic nitrogens is 2. The molecule has 0 aliphatic rings. The van der Waals surface area contributed by atoms with Gasteiger partial charge in [-0.1, -0.05) is 12.6 Å². The average molecular weight is 473 g/mol. The van der Waals surface area contributed by atoms with E-state index < -0.39 is 5.67 Å². The number of carbonyl (C=O) groups is 1. The summed E-state index contributed by atoms with van der Waals surface area (Å²) in [5.41, 5.74) is 2.59. The van der Waals surface area contributed by atoms with Crippen LogP contribution in [0.15, 0.2) is 77.5 Å². The van der Waals surface area contributed by atoms with Gasteiger partial charge in [-0.2, -0.15) is 0 Å². The lowest BCUT2D eigenvalue weighted by Crippen LogP contribution is -2.16. The fraction of sp³-hybridized carbons (Fsp3) is 0.222. The van der Waals surface area contributed by atoms with Crippen LogP contribution in [0.4, 0.5) is 15.9 Å². The molecule has 8 heteroatoms. The summed E-state index contributed by atoms with van der Waals surface area (Å²) in [6.45, 7) is 8.68. The lowest BCUT2D eigenvalue weighted by atomic mass is 10.0. The number of allylic oxidation sites excluding steroid dienone is 1. The molecule has 0 fully saturated rings. The van der Waals surface area contributed by atoms with Crippen LogP contribution in [0.5, 0.6) is 0 Å². The third kappa shape index (κ3) is 6.23. The minimum Gasteiger partial charge on any atom is -0.373 e. The van der Waals surface area contributed by atoms with Crippen LogP contribution in [-0.4, -0.2) is 41.5 Å². The molecular formula is C27H29FN6O. The third-order valence-corrected chi connectivity index (χ3v) is 5.31. The second-order valence-corrected chi connectivity index (χ2v) is 8.31. The van der Waals surface area contributed by atoms with Gasteiger partial charge in [-0.15, -0.1) is 0 Å². The van der Waals surface area contributed by atoms with Gasteiger partial charge in [0.15, 0.2) is 5.84 Å². The van der Waals surface area contributed by atoms with Crippen molar-refractivity contribution >= 4 is 29.0 Å². The zero-order valence-corrected chi connectivity index (χ0v) is 20.6. The summed E-state index contributed by atoms with van der Waals surface area (Å²) in [4.78, 5) is 30.2. The molecule has 35 heavy (non-hydrogen) atoms. The van der Waals surface area contributed by atoms with Crippen molar-refractivity contribution < 1.29 is 9.18 Å². The number of alkyl halides is 1. The number of carbonyl (C=O) groups excluding carboxylic acids is 1. The number of amides is 1. The molecule has 1 amide bonds. The molecule has 3 rings (SSSR count). The van der Waals surface area contributed by atoms with E-state index in [1.165, 1.54) is 26.1 Å². The highest BCUT2D eigenvalue weighted by atomic mass is 19.1. The standard InChI is InChI=1S/C27H29FN6O/c1-7-22(34-25(30-6)18-10-13-32-24(15-18)29-5)21-16-20(9-8-17(21)2)33-26(35)19-11-12-31-23(14-19)27(3,4)28/h7-16H,1H2,2-6H3,(H,29,32)(H,33,35). The smallest absolute Gasteiger partial charge is 0.255 e. The second-order valence-electron chi connectivity index (χ2n) is 8.31. The van der Waals surface area contributed by atoms with Gasteiger partial charge >= 0.3 is 0 Å². The van der Waals surface area contributed by atoms with Crippen LogP contribution < -0.4 is 10.6 Å². The number of halogens is 1. The molecule has 0 aliphatic carbocycles.